The molecule has 23 heavy (non-hydrogen) atoms. The molecule has 1 saturated carbocycles. The molecule has 1 N–H and O–H groups in total. The summed E-state index contributed by atoms with van der Waals surface area (Å²) in [5.41, 5.74) is 2.54. The Morgan fingerprint density at radius 2 is 2.09 bits per heavy atom. The fourth-order valence-electron chi connectivity index (χ4n) is 3.44. The fraction of sp³-hybridized carbons (Fsp3) is 0.474. The van der Waals surface area contributed by atoms with Crippen molar-refractivity contribution in [2.24, 2.45) is 5.92 Å². The molecule has 1 heterocycles. The van der Waals surface area contributed by atoms with E-state index >= 15 is 0 Å². The van der Waals surface area contributed by atoms with E-state index in [2.05, 4.69) is 37.0 Å². The highest BCUT2D eigenvalue weighted by molar-refractivity contribution is 5.93. The second-order valence-corrected chi connectivity index (χ2v) is 6.74. The first-order chi connectivity index (χ1) is 11.1. The third kappa shape index (κ3) is 3.46. The van der Waals surface area contributed by atoms with Crippen molar-refractivity contribution in [2.45, 2.75) is 44.7 Å². The molecule has 3 rings (SSSR count). The molecule has 2 fully saturated rings. The molecular weight excluding hydrogens is 288 g/mol. The molecule has 2 amide bonds. The average molecular weight is 312 g/mol. The zero-order valence-electron chi connectivity index (χ0n) is 13.6. The van der Waals surface area contributed by atoms with Crippen LogP contribution in [0, 0.1) is 5.92 Å². The van der Waals surface area contributed by atoms with Crippen molar-refractivity contribution < 1.29 is 9.59 Å². The Morgan fingerprint density at radius 1 is 1.35 bits per heavy atom. The Bertz CT molecular complexity index is 622. The van der Waals surface area contributed by atoms with Gasteiger partial charge in [-0.05, 0) is 48.3 Å². The van der Waals surface area contributed by atoms with Crippen LogP contribution in [-0.4, -0.2) is 29.3 Å². The second kappa shape index (κ2) is 6.57. The van der Waals surface area contributed by atoms with Crippen molar-refractivity contribution in [2.75, 3.05) is 6.54 Å². The van der Waals surface area contributed by atoms with E-state index in [1.807, 2.05) is 6.07 Å². The molecular formula is C19H24N2O2. The summed E-state index contributed by atoms with van der Waals surface area (Å²) in [6.07, 6.45) is 4.50. The highest BCUT2D eigenvalue weighted by Gasteiger charge is 2.36. The summed E-state index contributed by atoms with van der Waals surface area (Å²) < 4.78 is 0. The minimum absolute atomic E-state index is 0.0600. The van der Waals surface area contributed by atoms with Crippen LogP contribution in [-0.2, 0) is 16.1 Å². The molecule has 0 bridgehead atoms. The molecule has 0 spiro atoms. The van der Waals surface area contributed by atoms with E-state index < -0.39 is 0 Å². The molecule has 2 atom stereocenters. The molecule has 1 aromatic rings. The number of carbonyl (C=O) groups is 2. The van der Waals surface area contributed by atoms with Gasteiger partial charge in [-0.3, -0.25) is 9.59 Å². The highest BCUT2D eigenvalue weighted by atomic mass is 16.2. The summed E-state index contributed by atoms with van der Waals surface area (Å²) in [5.74, 6) is 0.782. The topological polar surface area (TPSA) is 49.4 Å². The number of benzene rings is 1. The first-order valence-corrected chi connectivity index (χ1v) is 8.38. The Hall–Kier alpha value is -2.10. The van der Waals surface area contributed by atoms with Crippen LogP contribution in [0.5, 0.6) is 0 Å². The van der Waals surface area contributed by atoms with Crippen LogP contribution in [0.1, 0.15) is 43.2 Å². The van der Waals surface area contributed by atoms with E-state index in [-0.39, 0.29) is 17.9 Å². The SMILES string of the molecule is C=CC(=O)N1C[C@H](C)C[C@H]1C(=O)NCc1ccccc1C1CC1. The predicted octanol–water partition coefficient (Wildman–Crippen LogP) is 2.60. The number of amides is 2. The lowest BCUT2D eigenvalue weighted by Crippen LogP contribution is -2.45. The number of carbonyl (C=O) groups excluding carboxylic acids is 2. The number of rotatable bonds is 5. The fourth-order valence-corrected chi connectivity index (χ4v) is 3.44. The van der Waals surface area contributed by atoms with Crippen LogP contribution in [0.3, 0.4) is 0 Å². The normalized spacial score (nSPS) is 23.6. The van der Waals surface area contributed by atoms with Gasteiger partial charge in [0.05, 0.1) is 0 Å². The van der Waals surface area contributed by atoms with Crippen LogP contribution in [0.25, 0.3) is 0 Å². The van der Waals surface area contributed by atoms with Gasteiger partial charge in [-0.15, -0.1) is 0 Å². The average Bonchev–Trinajstić information content (AvgIpc) is 3.33. The lowest BCUT2D eigenvalue weighted by atomic mass is 10.0. The molecule has 4 nitrogen and oxygen atoms in total. The van der Waals surface area contributed by atoms with Gasteiger partial charge in [-0.1, -0.05) is 37.8 Å². The monoisotopic (exact) mass is 312 g/mol. The Balaban J connectivity index is 1.65. The highest BCUT2D eigenvalue weighted by Crippen LogP contribution is 2.41. The van der Waals surface area contributed by atoms with Gasteiger partial charge in [-0.2, -0.15) is 0 Å². The minimum Gasteiger partial charge on any atom is -0.350 e. The molecule has 2 aliphatic rings. The summed E-state index contributed by atoms with van der Waals surface area (Å²) in [7, 11) is 0. The van der Waals surface area contributed by atoms with Gasteiger partial charge in [0, 0.05) is 13.1 Å². The molecule has 1 aliphatic carbocycles. The van der Waals surface area contributed by atoms with Gasteiger partial charge in [0.25, 0.3) is 0 Å². The second-order valence-electron chi connectivity index (χ2n) is 6.74. The minimum atomic E-state index is -0.372. The van der Waals surface area contributed by atoms with E-state index in [0.29, 0.717) is 24.9 Å². The number of nitrogens with one attached hydrogen (secondary N) is 1. The third-order valence-electron chi connectivity index (χ3n) is 4.80. The van der Waals surface area contributed by atoms with Crippen LogP contribution >= 0.6 is 0 Å². The molecule has 0 aromatic heterocycles. The van der Waals surface area contributed by atoms with Crippen molar-refractivity contribution in [1.29, 1.82) is 0 Å². The molecule has 1 saturated heterocycles. The lowest BCUT2D eigenvalue weighted by molar-refractivity contribution is -0.135. The Labute approximate surface area is 137 Å². The van der Waals surface area contributed by atoms with E-state index in [1.165, 1.54) is 30.0 Å². The maximum absolute atomic E-state index is 12.6. The van der Waals surface area contributed by atoms with Crippen molar-refractivity contribution in [1.82, 2.24) is 10.2 Å². The number of hydrogen-bond acceptors (Lipinski definition) is 2. The summed E-state index contributed by atoms with van der Waals surface area (Å²) in [5, 5.41) is 3.03. The lowest BCUT2D eigenvalue weighted by Gasteiger charge is -2.22. The molecule has 1 aromatic carbocycles. The zero-order valence-corrected chi connectivity index (χ0v) is 13.6. The summed E-state index contributed by atoms with van der Waals surface area (Å²) in [4.78, 5) is 26.1. The summed E-state index contributed by atoms with van der Waals surface area (Å²) >= 11 is 0. The van der Waals surface area contributed by atoms with Gasteiger partial charge in [-0.25, -0.2) is 0 Å². The third-order valence-corrected chi connectivity index (χ3v) is 4.80. The largest absolute Gasteiger partial charge is 0.350 e. The molecule has 0 radical (unpaired) electrons. The van der Waals surface area contributed by atoms with Crippen molar-refractivity contribution in [3.8, 4) is 0 Å². The van der Waals surface area contributed by atoms with Crippen LogP contribution in [0.4, 0.5) is 0 Å². The van der Waals surface area contributed by atoms with E-state index in [0.717, 1.165) is 6.42 Å². The van der Waals surface area contributed by atoms with Gasteiger partial charge in [0.15, 0.2) is 0 Å². The summed E-state index contributed by atoms with van der Waals surface area (Å²) in [6.45, 7) is 6.76. The molecule has 1 aliphatic heterocycles. The first kappa shape index (κ1) is 15.8. The van der Waals surface area contributed by atoms with Gasteiger partial charge < -0.3 is 10.2 Å². The van der Waals surface area contributed by atoms with Crippen molar-refractivity contribution >= 4 is 11.8 Å². The van der Waals surface area contributed by atoms with Crippen LogP contribution < -0.4 is 5.32 Å². The number of hydrogen-bond donors (Lipinski definition) is 1. The van der Waals surface area contributed by atoms with Gasteiger partial charge in [0.1, 0.15) is 6.04 Å². The Morgan fingerprint density at radius 3 is 2.78 bits per heavy atom. The summed E-state index contributed by atoms with van der Waals surface area (Å²) in [6, 6.07) is 7.94. The standard InChI is InChI=1S/C19H24N2O2/c1-3-18(22)21-12-13(2)10-17(21)19(23)20-11-15-6-4-5-7-16(15)14-8-9-14/h3-7,13-14,17H,1,8-12H2,2H3,(H,20,23)/t13-,17+/m1/s1. The van der Waals surface area contributed by atoms with Crippen LogP contribution in [0.15, 0.2) is 36.9 Å². The van der Waals surface area contributed by atoms with E-state index in [9.17, 15) is 9.59 Å². The van der Waals surface area contributed by atoms with E-state index in [4.69, 9.17) is 0 Å². The zero-order chi connectivity index (χ0) is 16.4. The van der Waals surface area contributed by atoms with Gasteiger partial charge >= 0.3 is 0 Å². The Kier molecular flexibility index (Phi) is 4.51. The smallest absolute Gasteiger partial charge is 0.246 e. The molecule has 4 heteroatoms. The quantitative estimate of drug-likeness (QED) is 0.850. The van der Waals surface area contributed by atoms with Crippen molar-refractivity contribution in [3.05, 3.63) is 48.0 Å². The number of nitrogens with zero attached hydrogens (tertiary/aromatic N) is 1. The number of likely N-dealkylation sites (tertiary alicyclic amines) is 1. The van der Waals surface area contributed by atoms with Crippen LogP contribution in [0.2, 0.25) is 0 Å². The van der Waals surface area contributed by atoms with Crippen molar-refractivity contribution in [3.63, 3.8) is 0 Å². The van der Waals surface area contributed by atoms with E-state index in [1.54, 1.807) is 4.90 Å². The first-order valence-electron chi connectivity index (χ1n) is 8.38. The molecule has 122 valence electrons. The van der Waals surface area contributed by atoms with Gasteiger partial charge in [0.2, 0.25) is 11.8 Å². The molecule has 0 unspecified atom stereocenters. The predicted molar refractivity (Wildman–Crippen MR) is 89.7 cm³/mol. The maximum Gasteiger partial charge on any atom is 0.246 e. The maximum atomic E-state index is 12.6.